The highest BCUT2D eigenvalue weighted by Crippen LogP contribution is 2.28. The number of ether oxygens (including phenoxy) is 1. The molecule has 1 aromatic heterocycles. The first-order valence-electron chi connectivity index (χ1n) is 6.56. The summed E-state index contributed by atoms with van der Waals surface area (Å²) in [5.74, 6) is 0.745. The van der Waals surface area contributed by atoms with Crippen LogP contribution in [-0.4, -0.2) is 17.9 Å². The molecule has 1 N–H and O–H groups in total. The van der Waals surface area contributed by atoms with Gasteiger partial charge in [-0.2, -0.15) is 0 Å². The van der Waals surface area contributed by atoms with Crippen LogP contribution in [0.3, 0.4) is 0 Å². The van der Waals surface area contributed by atoms with Gasteiger partial charge in [-0.05, 0) is 43.3 Å². The maximum absolute atomic E-state index is 12.7. The highest BCUT2D eigenvalue weighted by atomic mass is 35.5. The number of aromatic nitrogens is 1. The number of H-pyrrole nitrogens is 1. The molecule has 21 heavy (non-hydrogen) atoms. The van der Waals surface area contributed by atoms with Gasteiger partial charge in [-0.3, -0.25) is 4.79 Å². The molecule has 0 aliphatic rings. The van der Waals surface area contributed by atoms with Crippen LogP contribution >= 0.6 is 11.6 Å². The lowest BCUT2D eigenvalue weighted by Gasteiger charge is -2.03. The molecule has 0 unspecified atom stereocenters. The number of methoxy groups -OCH3 is 1. The highest BCUT2D eigenvalue weighted by Gasteiger charge is 2.18. The number of rotatable bonds is 3. The van der Waals surface area contributed by atoms with E-state index in [0.29, 0.717) is 16.1 Å². The third-order valence-corrected chi connectivity index (χ3v) is 3.78. The Kier molecular flexibility index (Phi) is 3.43. The second kappa shape index (κ2) is 5.26. The van der Waals surface area contributed by atoms with E-state index in [1.807, 2.05) is 25.1 Å². The number of aryl methyl sites for hydroxylation is 1. The average molecular weight is 300 g/mol. The predicted octanol–water partition coefficient (Wildman–Crippen LogP) is 4.37. The van der Waals surface area contributed by atoms with Gasteiger partial charge in [-0.25, -0.2) is 0 Å². The second-order valence-corrected chi connectivity index (χ2v) is 5.31. The Morgan fingerprint density at radius 3 is 2.52 bits per heavy atom. The molecule has 3 nitrogen and oxygen atoms in total. The van der Waals surface area contributed by atoms with Crippen molar-refractivity contribution in [3.8, 4) is 5.75 Å². The number of benzene rings is 2. The number of carbonyl (C=O) groups is 1. The van der Waals surface area contributed by atoms with Crippen LogP contribution in [0.2, 0.25) is 5.02 Å². The summed E-state index contributed by atoms with van der Waals surface area (Å²) in [7, 11) is 1.62. The van der Waals surface area contributed by atoms with Crippen molar-refractivity contribution in [1.82, 2.24) is 4.98 Å². The molecule has 0 saturated heterocycles. The Labute approximate surface area is 127 Å². The summed E-state index contributed by atoms with van der Waals surface area (Å²) in [4.78, 5) is 16.0. The van der Waals surface area contributed by atoms with Crippen LogP contribution in [0.4, 0.5) is 0 Å². The summed E-state index contributed by atoms with van der Waals surface area (Å²) in [6.07, 6.45) is 0. The zero-order valence-electron chi connectivity index (χ0n) is 11.7. The average Bonchev–Trinajstić information content (AvgIpc) is 2.82. The molecular formula is C17H14ClNO2. The molecule has 0 fully saturated rings. The summed E-state index contributed by atoms with van der Waals surface area (Å²) in [6.45, 7) is 1.90. The highest BCUT2D eigenvalue weighted by molar-refractivity contribution is 6.30. The van der Waals surface area contributed by atoms with Crippen molar-refractivity contribution in [1.29, 1.82) is 0 Å². The summed E-state index contributed by atoms with van der Waals surface area (Å²) in [5, 5.41) is 1.51. The van der Waals surface area contributed by atoms with Crippen LogP contribution in [0.25, 0.3) is 10.9 Å². The fourth-order valence-electron chi connectivity index (χ4n) is 2.48. The fourth-order valence-corrected chi connectivity index (χ4v) is 2.60. The standard InChI is InChI=1S/C17H14ClNO2/c1-10-16(17(20)11-3-5-12(18)6-4-11)14-8-7-13(21-2)9-15(14)19-10/h3-9,19H,1-2H3. The Morgan fingerprint density at radius 1 is 1.14 bits per heavy atom. The van der Waals surface area contributed by atoms with E-state index in [4.69, 9.17) is 16.3 Å². The van der Waals surface area contributed by atoms with Crippen molar-refractivity contribution < 1.29 is 9.53 Å². The third-order valence-electron chi connectivity index (χ3n) is 3.53. The molecule has 3 aromatic rings. The van der Waals surface area contributed by atoms with E-state index < -0.39 is 0 Å². The van der Waals surface area contributed by atoms with Gasteiger partial charge in [0, 0.05) is 27.7 Å². The van der Waals surface area contributed by atoms with E-state index in [1.54, 1.807) is 31.4 Å². The van der Waals surface area contributed by atoms with Gasteiger partial charge < -0.3 is 9.72 Å². The number of carbonyl (C=O) groups excluding carboxylic acids is 1. The molecule has 0 aliphatic heterocycles. The lowest BCUT2D eigenvalue weighted by molar-refractivity contribution is 0.104. The summed E-state index contributed by atoms with van der Waals surface area (Å²) in [6, 6.07) is 12.6. The monoisotopic (exact) mass is 299 g/mol. The number of nitrogens with one attached hydrogen (secondary N) is 1. The Bertz CT molecular complexity index is 819. The Morgan fingerprint density at radius 2 is 1.86 bits per heavy atom. The molecule has 3 rings (SSSR count). The van der Waals surface area contributed by atoms with Gasteiger partial charge in [0.05, 0.1) is 18.2 Å². The topological polar surface area (TPSA) is 42.1 Å². The van der Waals surface area contributed by atoms with Gasteiger partial charge in [0.25, 0.3) is 0 Å². The molecule has 106 valence electrons. The minimum absolute atomic E-state index is 0.0133. The van der Waals surface area contributed by atoms with Crippen molar-refractivity contribution in [3.05, 3.63) is 64.3 Å². The lowest BCUT2D eigenvalue weighted by atomic mass is 10.0. The van der Waals surface area contributed by atoms with E-state index in [1.165, 1.54) is 0 Å². The first-order valence-corrected chi connectivity index (χ1v) is 6.94. The first kappa shape index (κ1) is 13.7. The molecule has 4 heteroatoms. The number of aromatic amines is 1. The Balaban J connectivity index is 2.13. The zero-order valence-corrected chi connectivity index (χ0v) is 12.5. The van der Waals surface area contributed by atoms with Crippen LogP contribution in [0.15, 0.2) is 42.5 Å². The second-order valence-electron chi connectivity index (χ2n) is 4.87. The van der Waals surface area contributed by atoms with Gasteiger partial charge in [-0.15, -0.1) is 0 Å². The third kappa shape index (κ3) is 2.41. The Hall–Kier alpha value is -2.26. The number of halogens is 1. The molecule has 0 aliphatic carbocycles. The van der Waals surface area contributed by atoms with Gasteiger partial charge in [0.2, 0.25) is 0 Å². The molecular weight excluding hydrogens is 286 g/mol. The number of ketones is 1. The van der Waals surface area contributed by atoms with Crippen LogP contribution < -0.4 is 4.74 Å². The normalized spacial score (nSPS) is 10.8. The summed E-state index contributed by atoms with van der Waals surface area (Å²) >= 11 is 5.87. The molecule has 0 atom stereocenters. The summed E-state index contributed by atoms with van der Waals surface area (Å²) in [5.41, 5.74) is 3.05. The number of hydrogen-bond donors (Lipinski definition) is 1. The van der Waals surface area contributed by atoms with Crippen molar-refractivity contribution in [2.45, 2.75) is 6.92 Å². The molecule has 0 radical (unpaired) electrons. The van der Waals surface area contributed by atoms with Crippen molar-refractivity contribution in [2.24, 2.45) is 0 Å². The lowest BCUT2D eigenvalue weighted by Crippen LogP contribution is -2.02. The minimum Gasteiger partial charge on any atom is -0.497 e. The fraction of sp³-hybridized carbons (Fsp3) is 0.118. The van der Waals surface area contributed by atoms with Gasteiger partial charge in [-0.1, -0.05) is 11.6 Å². The smallest absolute Gasteiger partial charge is 0.195 e. The maximum atomic E-state index is 12.7. The number of hydrogen-bond acceptors (Lipinski definition) is 2. The van der Waals surface area contributed by atoms with Gasteiger partial charge >= 0.3 is 0 Å². The molecule has 2 aromatic carbocycles. The van der Waals surface area contributed by atoms with Crippen LogP contribution in [-0.2, 0) is 0 Å². The van der Waals surface area contributed by atoms with E-state index in [9.17, 15) is 4.79 Å². The largest absolute Gasteiger partial charge is 0.497 e. The van der Waals surface area contributed by atoms with Gasteiger partial charge in [0.15, 0.2) is 5.78 Å². The molecule has 0 bridgehead atoms. The molecule has 0 amide bonds. The zero-order chi connectivity index (χ0) is 15.0. The van der Waals surface area contributed by atoms with E-state index in [0.717, 1.165) is 22.3 Å². The van der Waals surface area contributed by atoms with Crippen molar-refractivity contribution in [3.63, 3.8) is 0 Å². The predicted molar refractivity (Wildman–Crippen MR) is 84.5 cm³/mol. The summed E-state index contributed by atoms with van der Waals surface area (Å²) < 4.78 is 5.21. The van der Waals surface area contributed by atoms with Crippen LogP contribution in [0.1, 0.15) is 21.6 Å². The quantitative estimate of drug-likeness (QED) is 0.730. The number of fused-ring (bicyclic) bond motifs is 1. The van der Waals surface area contributed by atoms with E-state index in [2.05, 4.69) is 4.98 Å². The maximum Gasteiger partial charge on any atom is 0.195 e. The minimum atomic E-state index is -0.0133. The van der Waals surface area contributed by atoms with Crippen LogP contribution in [0, 0.1) is 6.92 Å². The van der Waals surface area contributed by atoms with E-state index in [-0.39, 0.29) is 5.78 Å². The first-order chi connectivity index (χ1) is 10.1. The van der Waals surface area contributed by atoms with Gasteiger partial charge in [0.1, 0.15) is 5.75 Å². The van der Waals surface area contributed by atoms with E-state index >= 15 is 0 Å². The van der Waals surface area contributed by atoms with Crippen molar-refractivity contribution >= 4 is 28.3 Å². The molecule has 0 saturated carbocycles. The van der Waals surface area contributed by atoms with Crippen molar-refractivity contribution in [2.75, 3.05) is 7.11 Å². The molecule has 1 heterocycles. The van der Waals surface area contributed by atoms with Crippen LogP contribution in [0.5, 0.6) is 5.75 Å². The SMILES string of the molecule is COc1ccc2c(C(=O)c3ccc(Cl)cc3)c(C)[nH]c2c1. The molecule has 0 spiro atoms.